The number of para-hydroxylation sites is 2. The van der Waals surface area contributed by atoms with Gasteiger partial charge in [-0.2, -0.15) is 0 Å². The van der Waals surface area contributed by atoms with Gasteiger partial charge in [-0.3, -0.25) is 19.3 Å². The summed E-state index contributed by atoms with van der Waals surface area (Å²) >= 11 is 12.1. The smallest absolute Gasteiger partial charge is 0.262 e. The summed E-state index contributed by atoms with van der Waals surface area (Å²) in [5, 5.41) is 0.709. The standard InChI is InChI=1S/C30H34Cl2N4O5S/c31-26-11-8-24(22-27(26)32)41-29-5-2-1-4-28(29)33-42(38,39)25-9-6-23(7-10-25)30(37)36-16-14-34(15-17-36)12-3-13-35-18-20-40-21-19-35/h1-2,4-11,22,33H,3,12-21H2. The third-order valence-electron chi connectivity index (χ3n) is 7.37. The lowest BCUT2D eigenvalue weighted by molar-refractivity contribution is 0.0349. The van der Waals surface area contributed by atoms with Crippen molar-refractivity contribution in [2.24, 2.45) is 0 Å². The molecule has 0 atom stereocenters. The molecule has 1 amide bonds. The van der Waals surface area contributed by atoms with E-state index in [9.17, 15) is 13.2 Å². The molecule has 0 aromatic heterocycles. The van der Waals surface area contributed by atoms with Gasteiger partial charge in [-0.25, -0.2) is 8.42 Å². The number of ether oxygens (including phenoxy) is 2. The van der Waals surface area contributed by atoms with E-state index in [4.69, 9.17) is 32.7 Å². The number of anilines is 1. The highest BCUT2D eigenvalue weighted by Crippen LogP contribution is 2.34. The summed E-state index contributed by atoms with van der Waals surface area (Å²) in [4.78, 5) is 19.8. The number of nitrogens with zero attached hydrogens (tertiary/aromatic N) is 3. The minimum atomic E-state index is -3.95. The molecule has 9 nitrogen and oxygen atoms in total. The largest absolute Gasteiger partial charge is 0.455 e. The summed E-state index contributed by atoms with van der Waals surface area (Å²) in [6, 6.07) is 17.5. The highest BCUT2D eigenvalue weighted by Gasteiger charge is 2.23. The molecule has 2 aliphatic rings. The first kappa shape index (κ1) is 30.6. The van der Waals surface area contributed by atoms with Crippen LogP contribution in [-0.4, -0.2) is 94.6 Å². The molecule has 2 heterocycles. The average molecular weight is 634 g/mol. The van der Waals surface area contributed by atoms with Crippen LogP contribution in [0.2, 0.25) is 10.0 Å². The Bertz CT molecular complexity index is 1480. The number of morpholine rings is 1. The summed E-state index contributed by atoms with van der Waals surface area (Å²) in [6.45, 7) is 8.66. The highest BCUT2D eigenvalue weighted by atomic mass is 35.5. The van der Waals surface area contributed by atoms with Crippen molar-refractivity contribution in [2.45, 2.75) is 11.3 Å². The first-order valence-corrected chi connectivity index (χ1v) is 16.2. The Kier molecular flexibility index (Phi) is 10.3. The Morgan fingerprint density at radius 1 is 0.833 bits per heavy atom. The number of carbonyl (C=O) groups excluding carboxylic acids is 1. The molecule has 0 aliphatic carbocycles. The molecule has 0 unspecified atom stereocenters. The van der Waals surface area contributed by atoms with Gasteiger partial charge in [0.2, 0.25) is 0 Å². The van der Waals surface area contributed by atoms with Gasteiger partial charge in [0.25, 0.3) is 15.9 Å². The monoisotopic (exact) mass is 632 g/mol. The Hall–Kier alpha value is -2.86. The SMILES string of the molecule is O=C(c1ccc(S(=O)(=O)Nc2ccccc2Oc2ccc(Cl)c(Cl)c2)cc1)N1CCN(CCCN2CCOCC2)CC1. The van der Waals surface area contributed by atoms with Crippen LogP contribution in [0.15, 0.2) is 71.6 Å². The van der Waals surface area contributed by atoms with Crippen molar-refractivity contribution < 1.29 is 22.7 Å². The Morgan fingerprint density at radius 2 is 1.50 bits per heavy atom. The molecule has 1 N–H and O–H groups in total. The Morgan fingerprint density at radius 3 is 2.19 bits per heavy atom. The third kappa shape index (κ3) is 7.94. The number of nitrogens with one attached hydrogen (secondary N) is 1. The molecule has 5 rings (SSSR count). The van der Waals surface area contributed by atoms with Crippen molar-refractivity contribution in [1.29, 1.82) is 0 Å². The Labute approximate surface area is 256 Å². The zero-order valence-electron chi connectivity index (χ0n) is 23.2. The number of piperazine rings is 1. The maximum atomic E-state index is 13.2. The molecule has 42 heavy (non-hydrogen) atoms. The van der Waals surface area contributed by atoms with Gasteiger partial charge < -0.3 is 14.4 Å². The van der Waals surface area contributed by atoms with Gasteiger partial charge in [0, 0.05) is 50.9 Å². The number of hydrogen-bond acceptors (Lipinski definition) is 7. The second-order valence-corrected chi connectivity index (χ2v) is 12.7. The number of halogens is 2. The van der Waals surface area contributed by atoms with E-state index in [-0.39, 0.29) is 16.5 Å². The fourth-order valence-corrected chi connectivity index (χ4v) is 6.35. The molecule has 0 spiro atoms. The van der Waals surface area contributed by atoms with Crippen molar-refractivity contribution >= 4 is 44.8 Å². The van der Waals surface area contributed by atoms with Crippen LogP contribution in [0, 0.1) is 0 Å². The zero-order valence-corrected chi connectivity index (χ0v) is 25.5. The molecule has 12 heteroatoms. The molecule has 3 aromatic carbocycles. The van der Waals surface area contributed by atoms with Crippen molar-refractivity contribution in [2.75, 3.05) is 70.3 Å². The first-order valence-electron chi connectivity index (χ1n) is 13.9. The van der Waals surface area contributed by atoms with Crippen molar-refractivity contribution in [1.82, 2.24) is 14.7 Å². The van der Waals surface area contributed by atoms with E-state index in [1.165, 1.54) is 12.1 Å². The van der Waals surface area contributed by atoms with E-state index in [1.807, 2.05) is 4.90 Å². The number of hydrogen-bond donors (Lipinski definition) is 1. The summed E-state index contributed by atoms with van der Waals surface area (Å²) in [6.07, 6.45) is 1.10. The van der Waals surface area contributed by atoms with Gasteiger partial charge in [0.05, 0.1) is 33.8 Å². The quantitative estimate of drug-likeness (QED) is 0.334. The molecule has 2 saturated heterocycles. The molecular formula is C30H34Cl2N4O5S. The second-order valence-electron chi connectivity index (χ2n) is 10.2. The lowest BCUT2D eigenvalue weighted by Gasteiger charge is -2.35. The first-order chi connectivity index (χ1) is 20.3. The molecule has 0 saturated carbocycles. The number of carbonyl (C=O) groups is 1. The van der Waals surface area contributed by atoms with Crippen LogP contribution in [0.4, 0.5) is 5.69 Å². The average Bonchev–Trinajstić information content (AvgIpc) is 3.00. The van der Waals surface area contributed by atoms with Crippen LogP contribution in [0.3, 0.4) is 0 Å². The topological polar surface area (TPSA) is 91.4 Å². The van der Waals surface area contributed by atoms with Gasteiger partial charge in [-0.1, -0.05) is 35.3 Å². The lowest BCUT2D eigenvalue weighted by atomic mass is 10.2. The van der Waals surface area contributed by atoms with Crippen LogP contribution in [0.25, 0.3) is 0 Å². The molecule has 2 aliphatic heterocycles. The number of rotatable bonds is 10. The van der Waals surface area contributed by atoms with Crippen LogP contribution in [0.5, 0.6) is 11.5 Å². The summed E-state index contributed by atoms with van der Waals surface area (Å²) < 4.78 is 40.3. The van der Waals surface area contributed by atoms with Crippen LogP contribution in [-0.2, 0) is 14.8 Å². The fourth-order valence-electron chi connectivity index (χ4n) is 4.99. The summed E-state index contributed by atoms with van der Waals surface area (Å²) in [5.41, 5.74) is 0.713. The lowest BCUT2D eigenvalue weighted by Crippen LogP contribution is -2.49. The number of sulfonamides is 1. The predicted octanol–water partition coefficient (Wildman–Crippen LogP) is 5.07. The fraction of sp³-hybridized carbons (Fsp3) is 0.367. The maximum Gasteiger partial charge on any atom is 0.262 e. The minimum absolute atomic E-state index is 0.0356. The van der Waals surface area contributed by atoms with Crippen LogP contribution < -0.4 is 9.46 Å². The highest BCUT2D eigenvalue weighted by molar-refractivity contribution is 7.92. The predicted molar refractivity (Wildman–Crippen MR) is 164 cm³/mol. The van der Waals surface area contributed by atoms with Gasteiger partial charge in [0.15, 0.2) is 5.75 Å². The van der Waals surface area contributed by atoms with E-state index >= 15 is 0 Å². The third-order valence-corrected chi connectivity index (χ3v) is 9.49. The number of amides is 1. The molecule has 2 fully saturated rings. The minimum Gasteiger partial charge on any atom is -0.455 e. The van der Waals surface area contributed by atoms with Crippen LogP contribution >= 0.6 is 23.2 Å². The van der Waals surface area contributed by atoms with Gasteiger partial charge in [-0.05, 0) is 68.0 Å². The molecule has 224 valence electrons. The van der Waals surface area contributed by atoms with Crippen molar-refractivity contribution in [3.63, 3.8) is 0 Å². The van der Waals surface area contributed by atoms with E-state index in [1.54, 1.807) is 54.6 Å². The molecule has 0 bridgehead atoms. The van der Waals surface area contributed by atoms with Crippen molar-refractivity contribution in [3.05, 3.63) is 82.3 Å². The molecule has 3 aromatic rings. The van der Waals surface area contributed by atoms with Crippen LogP contribution in [0.1, 0.15) is 16.8 Å². The van der Waals surface area contributed by atoms with E-state index < -0.39 is 10.0 Å². The second kappa shape index (κ2) is 14.1. The normalized spacial score (nSPS) is 16.8. The van der Waals surface area contributed by atoms with E-state index in [2.05, 4.69) is 14.5 Å². The summed E-state index contributed by atoms with van der Waals surface area (Å²) in [7, 11) is -3.95. The molecule has 0 radical (unpaired) electrons. The van der Waals surface area contributed by atoms with E-state index in [0.29, 0.717) is 40.2 Å². The van der Waals surface area contributed by atoms with Gasteiger partial charge >= 0.3 is 0 Å². The van der Waals surface area contributed by atoms with Gasteiger partial charge in [0.1, 0.15) is 5.75 Å². The zero-order chi connectivity index (χ0) is 29.5. The maximum absolute atomic E-state index is 13.2. The van der Waals surface area contributed by atoms with Gasteiger partial charge in [-0.15, -0.1) is 0 Å². The number of benzene rings is 3. The summed E-state index contributed by atoms with van der Waals surface area (Å²) in [5.74, 6) is 0.611. The van der Waals surface area contributed by atoms with Crippen molar-refractivity contribution in [3.8, 4) is 11.5 Å². The van der Waals surface area contributed by atoms with E-state index in [0.717, 1.165) is 58.9 Å². The molecular weight excluding hydrogens is 599 g/mol. The Balaban J connectivity index is 1.15.